The van der Waals surface area contributed by atoms with Crippen LogP contribution in [0.4, 0.5) is 0 Å². The molecule has 0 aromatic rings. The van der Waals surface area contributed by atoms with Gasteiger partial charge in [0.2, 0.25) is 5.91 Å². The summed E-state index contributed by atoms with van der Waals surface area (Å²) in [6.45, 7) is 6.31. The van der Waals surface area contributed by atoms with Gasteiger partial charge in [0.1, 0.15) is 6.10 Å². The summed E-state index contributed by atoms with van der Waals surface area (Å²) in [7, 11) is 0. The molecule has 5 nitrogen and oxygen atoms in total. The van der Waals surface area contributed by atoms with Crippen molar-refractivity contribution in [3.05, 3.63) is 12.7 Å². The minimum absolute atomic E-state index is 0.154. The molecule has 0 spiro atoms. The van der Waals surface area contributed by atoms with Gasteiger partial charge in [-0.05, 0) is 6.08 Å². The predicted octanol–water partition coefficient (Wildman–Crippen LogP) is -0.373. The molecule has 5 heteroatoms. The molecule has 0 rings (SSSR count). The van der Waals surface area contributed by atoms with Crippen molar-refractivity contribution in [1.82, 2.24) is 5.32 Å². The Balaban J connectivity index is 4.07. The molecule has 3 N–H and O–H groups in total. The van der Waals surface area contributed by atoms with Crippen LogP contribution in [0.2, 0.25) is 0 Å². The summed E-state index contributed by atoms with van der Waals surface area (Å²) in [5, 5.41) is 21.0. The number of amides is 1. The lowest BCUT2D eigenvalue weighted by Crippen LogP contribution is -2.45. The Hall–Kier alpha value is -1.20. The Kier molecular flexibility index (Phi) is 5.92. The standard InChI is InChI=1S/C11H19NO4/c1-4-8(14)5-6-12-10(16)9(15)11(2,3)7-13/h4,9,13,15H,1,5-7H2,2-3H3,(H,12,16). The van der Waals surface area contributed by atoms with Gasteiger partial charge in [-0.2, -0.15) is 0 Å². The average Bonchev–Trinajstić information content (AvgIpc) is 2.27. The number of hydrogen-bond acceptors (Lipinski definition) is 4. The molecule has 0 aliphatic carbocycles. The first-order chi connectivity index (χ1) is 7.35. The number of aliphatic hydroxyl groups excluding tert-OH is 2. The van der Waals surface area contributed by atoms with E-state index in [1.54, 1.807) is 13.8 Å². The van der Waals surface area contributed by atoms with Gasteiger partial charge >= 0.3 is 0 Å². The van der Waals surface area contributed by atoms with Crippen molar-refractivity contribution in [2.45, 2.75) is 26.4 Å². The second-order valence-electron chi connectivity index (χ2n) is 4.26. The van der Waals surface area contributed by atoms with E-state index in [2.05, 4.69) is 11.9 Å². The van der Waals surface area contributed by atoms with Crippen LogP contribution >= 0.6 is 0 Å². The van der Waals surface area contributed by atoms with Gasteiger partial charge in [0, 0.05) is 18.4 Å². The molecule has 1 atom stereocenters. The third-order valence-electron chi connectivity index (χ3n) is 2.29. The second-order valence-corrected chi connectivity index (χ2v) is 4.26. The van der Waals surface area contributed by atoms with E-state index < -0.39 is 17.4 Å². The van der Waals surface area contributed by atoms with E-state index in [1.165, 1.54) is 6.08 Å². The molecule has 0 saturated carbocycles. The summed E-state index contributed by atoms with van der Waals surface area (Å²) >= 11 is 0. The third kappa shape index (κ3) is 4.55. The molecule has 0 heterocycles. The minimum Gasteiger partial charge on any atom is -0.396 e. The van der Waals surface area contributed by atoms with Crippen molar-refractivity contribution in [1.29, 1.82) is 0 Å². The van der Waals surface area contributed by atoms with Crippen molar-refractivity contribution in [2.24, 2.45) is 5.41 Å². The van der Waals surface area contributed by atoms with Gasteiger partial charge in [-0.3, -0.25) is 9.59 Å². The predicted molar refractivity (Wildman–Crippen MR) is 59.7 cm³/mol. The van der Waals surface area contributed by atoms with Gasteiger partial charge in [0.05, 0.1) is 6.61 Å². The highest BCUT2D eigenvalue weighted by Gasteiger charge is 2.32. The molecule has 0 saturated heterocycles. The first-order valence-electron chi connectivity index (χ1n) is 5.07. The van der Waals surface area contributed by atoms with E-state index in [1.807, 2.05) is 0 Å². The van der Waals surface area contributed by atoms with E-state index in [-0.39, 0.29) is 25.4 Å². The molecule has 1 unspecified atom stereocenters. The fourth-order valence-corrected chi connectivity index (χ4v) is 0.949. The number of carbonyl (C=O) groups is 2. The van der Waals surface area contributed by atoms with Crippen molar-refractivity contribution < 1.29 is 19.8 Å². The maximum Gasteiger partial charge on any atom is 0.249 e. The molecule has 0 fully saturated rings. The zero-order valence-electron chi connectivity index (χ0n) is 9.69. The van der Waals surface area contributed by atoms with Crippen LogP contribution in [-0.2, 0) is 9.59 Å². The van der Waals surface area contributed by atoms with Gasteiger partial charge in [-0.1, -0.05) is 20.4 Å². The van der Waals surface area contributed by atoms with Crippen molar-refractivity contribution >= 4 is 11.7 Å². The fourth-order valence-electron chi connectivity index (χ4n) is 0.949. The first kappa shape index (κ1) is 14.8. The SMILES string of the molecule is C=CC(=O)CCNC(=O)C(O)C(C)(C)CO. The van der Waals surface area contributed by atoms with Crippen molar-refractivity contribution in [3.8, 4) is 0 Å². The van der Waals surface area contributed by atoms with E-state index in [9.17, 15) is 14.7 Å². The monoisotopic (exact) mass is 229 g/mol. The molecule has 92 valence electrons. The molecule has 1 amide bonds. The van der Waals surface area contributed by atoms with E-state index >= 15 is 0 Å². The highest BCUT2D eigenvalue weighted by Crippen LogP contribution is 2.19. The Morgan fingerprint density at radius 2 is 2.06 bits per heavy atom. The quantitative estimate of drug-likeness (QED) is 0.520. The highest BCUT2D eigenvalue weighted by atomic mass is 16.3. The van der Waals surface area contributed by atoms with Crippen LogP contribution in [0, 0.1) is 5.41 Å². The minimum atomic E-state index is -1.30. The molecule has 0 bridgehead atoms. The zero-order chi connectivity index (χ0) is 12.8. The van der Waals surface area contributed by atoms with Gasteiger partial charge in [-0.25, -0.2) is 0 Å². The lowest BCUT2D eigenvalue weighted by molar-refractivity contribution is -0.137. The molecular formula is C11H19NO4. The van der Waals surface area contributed by atoms with Crippen LogP contribution in [-0.4, -0.2) is 41.2 Å². The smallest absolute Gasteiger partial charge is 0.249 e. The number of hydrogen-bond donors (Lipinski definition) is 3. The van der Waals surface area contributed by atoms with Gasteiger partial charge in [-0.15, -0.1) is 0 Å². The maximum atomic E-state index is 11.4. The number of allylic oxidation sites excluding steroid dienone is 1. The molecule has 0 aromatic heterocycles. The molecule has 0 aliphatic heterocycles. The van der Waals surface area contributed by atoms with Crippen LogP contribution in [0.3, 0.4) is 0 Å². The Labute approximate surface area is 95.2 Å². The van der Waals surface area contributed by atoms with Crippen molar-refractivity contribution in [3.63, 3.8) is 0 Å². The van der Waals surface area contributed by atoms with Gasteiger partial charge < -0.3 is 15.5 Å². The molecule has 16 heavy (non-hydrogen) atoms. The molecule has 0 radical (unpaired) electrons. The van der Waals surface area contributed by atoms with Crippen LogP contribution < -0.4 is 5.32 Å². The summed E-state index contributed by atoms with van der Waals surface area (Å²) in [5.41, 5.74) is -0.896. The number of rotatable bonds is 7. The largest absolute Gasteiger partial charge is 0.396 e. The van der Waals surface area contributed by atoms with Crippen molar-refractivity contribution in [2.75, 3.05) is 13.2 Å². The fraction of sp³-hybridized carbons (Fsp3) is 0.636. The zero-order valence-corrected chi connectivity index (χ0v) is 9.69. The van der Waals surface area contributed by atoms with E-state index in [4.69, 9.17) is 5.11 Å². The summed E-state index contributed by atoms with van der Waals surface area (Å²) in [4.78, 5) is 22.3. The van der Waals surface area contributed by atoms with Crippen LogP contribution in [0.25, 0.3) is 0 Å². The van der Waals surface area contributed by atoms with E-state index in [0.717, 1.165) is 0 Å². The normalized spacial score (nSPS) is 13.0. The molecule has 0 aromatic carbocycles. The third-order valence-corrected chi connectivity index (χ3v) is 2.29. The first-order valence-corrected chi connectivity index (χ1v) is 5.07. The lowest BCUT2D eigenvalue weighted by atomic mass is 9.87. The highest BCUT2D eigenvalue weighted by molar-refractivity contribution is 5.89. The lowest BCUT2D eigenvalue weighted by Gasteiger charge is -2.27. The summed E-state index contributed by atoms with van der Waals surface area (Å²) < 4.78 is 0. The number of aliphatic hydroxyl groups is 2. The number of ketones is 1. The number of carbonyl (C=O) groups excluding carboxylic acids is 2. The molecule has 0 aliphatic rings. The molecular weight excluding hydrogens is 210 g/mol. The maximum absolute atomic E-state index is 11.4. The topological polar surface area (TPSA) is 86.6 Å². The van der Waals surface area contributed by atoms with Crippen LogP contribution in [0.1, 0.15) is 20.3 Å². The van der Waals surface area contributed by atoms with Crippen LogP contribution in [0.5, 0.6) is 0 Å². The van der Waals surface area contributed by atoms with Gasteiger partial charge in [0.15, 0.2) is 5.78 Å². The second kappa shape index (κ2) is 6.40. The Morgan fingerprint density at radius 1 is 1.50 bits per heavy atom. The summed E-state index contributed by atoms with van der Waals surface area (Å²) in [6.07, 6.45) is 0.0400. The number of nitrogens with one attached hydrogen (secondary N) is 1. The Bertz CT molecular complexity index is 273. The summed E-state index contributed by atoms with van der Waals surface area (Å²) in [5.74, 6) is -0.757. The summed E-state index contributed by atoms with van der Waals surface area (Å²) in [6, 6.07) is 0. The van der Waals surface area contributed by atoms with Gasteiger partial charge in [0.25, 0.3) is 0 Å². The Morgan fingerprint density at radius 3 is 2.50 bits per heavy atom. The van der Waals surface area contributed by atoms with E-state index in [0.29, 0.717) is 0 Å². The van der Waals surface area contributed by atoms with Crippen LogP contribution in [0.15, 0.2) is 12.7 Å². The average molecular weight is 229 g/mol.